The van der Waals surface area contributed by atoms with E-state index in [9.17, 15) is 14.7 Å². The lowest BCUT2D eigenvalue weighted by atomic mass is 9.47. The molecular formula is C19H20N2O4S. The van der Waals surface area contributed by atoms with Crippen molar-refractivity contribution in [1.29, 1.82) is 0 Å². The zero-order valence-electron chi connectivity index (χ0n) is 14.4. The van der Waals surface area contributed by atoms with Gasteiger partial charge in [-0.3, -0.25) is 9.59 Å². The minimum atomic E-state index is -0.615. The molecule has 1 aromatic rings. The molecule has 26 heavy (non-hydrogen) atoms. The fraction of sp³-hybridized carbons (Fsp3) is 0.579. The number of amides is 1. The Morgan fingerprint density at radius 1 is 1.35 bits per heavy atom. The summed E-state index contributed by atoms with van der Waals surface area (Å²) in [6.07, 6.45) is 1.34. The van der Waals surface area contributed by atoms with Crippen LogP contribution in [0.4, 0.5) is 0 Å². The number of benzene rings is 1. The molecule has 7 heteroatoms. The molecule has 2 N–H and O–H groups in total. The molecule has 3 aliphatic heterocycles. The Labute approximate surface area is 155 Å². The molecule has 6 nitrogen and oxygen atoms in total. The first-order chi connectivity index (χ1) is 12.5. The number of carbonyl (C=O) groups excluding carboxylic acids is 2. The predicted molar refractivity (Wildman–Crippen MR) is 95.7 cm³/mol. The number of aromatic hydroxyl groups is 1. The second kappa shape index (κ2) is 4.57. The van der Waals surface area contributed by atoms with Gasteiger partial charge in [-0.25, -0.2) is 0 Å². The normalized spacial score (nSPS) is 42.6. The Morgan fingerprint density at radius 3 is 3.04 bits per heavy atom. The van der Waals surface area contributed by atoms with E-state index < -0.39 is 17.1 Å². The van der Waals surface area contributed by atoms with Crippen molar-refractivity contribution in [3.63, 3.8) is 0 Å². The van der Waals surface area contributed by atoms with Gasteiger partial charge in [0.1, 0.15) is 0 Å². The standard InChI is InChI=1S/C19H20N2O4S/c1-21-5-4-18-15-9-2-3-10(22)16(15)25-17(18)11(23)7-13-19(18,12(21)6-9)20-14(24)8-26-13/h2-3,12-13,17,22H,4-8H2,1H3,(H,20,24)/t12?,13?,17-,18-,19-/m0/s1. The SMILES string of the molecule is CN1CC[C@]23c4c5ccc(O)c4O[C@H]2C(=O)CC2SCC(=O)N[C@@]23C1C5. The number of likely N-dealkylation sites (tertiary alicyclic amines) is 1. The molecule has 1 amide bonds. The molecule has 3 fully saturated rings. The number of ketones is 1. The highest BCUT2D eigenvalue weighted by molar-refractivity contribution is 8.00. The van der Waals surface area contributed by atoms with Gasteiger partial charge in [-0.2, -0.15) is 0 Å². The molecule has 0 aromatic heterocycles. The number of phenols is 1. The Kier molecular flexibility index (Phi) is 2.69. The first-order valence-electron chi connectivity index (χ1n) is 9.16. The third-order valence-corrected chi connectivity index (χ3v) is 8.74. The van der Waals surface area contributed by atoms with Gasteiger partial charge in [-0.05, 0) is 38.1 Å². The largest absolute Gasteiger partial charge is 0.504 e. The maximum absolute atomic E-state index is 13.1. The number of hydrogen-bond acceptors (Lipinski definition) is 6. The van der Waals surface area contributed by atoms with E-state index in [2.05, 4.69) is 17.3 Å². The second-order valence-electron chi connectivity index (χ2n) is 8.25. The van der Waals surface area contributed by atoms with Crippen LogP contribution >= 0.6 is 11.8 Å². The summed E-state index contributed by atoms with van der Waals surface area (Å²) in [5.74, 6) is 1.10. The Morgan fingerprint density at radius 2 is 2.19 bits per heavy atom. The van der Waals surface area contributed by atoms with Crippen LogP contribution in [0.25, 0.3) is 0 Å². The summed E-state index contributed by atoms with van der Waals surface area (Å²) < 4.78 is 6.16. The van der Waals surface area contributed by atoms with Crippen LogP contribution in [0.3, 0.4) is 0 Å². The summed E-state index contributed by atoms with van der Waals surface area (Å²) in [5, 5.41) is 13.9. The van der Waals surface area contributed by atoms with Gasteiger partial charge in [0.05, 0.1) is 16.7 Å². The molecule has 1 saturated carbocycles. The van der Waals surface area contributed by atoms with Crippen molar-refractivity contribution in [2.75, 3.05) is 19.3 Å². The molecule has 6 rings (SSSR count). The van der Waals surface area contributed by atoms with E-state index in [1.807, 2.05) is 6.07 Å². The van der Waals surface area contributed by atoms with Crippen molar-refractivity contribution in [1.82, 2.24) is 10.2 Å². The van der Waals surface area contributed by atoms with E-state index >= 15 is 0 Å². The van der Waals surface area contributed by atoms with Crippen molar-refractivity contribution in [2.45, 2.75) is 47.6 Å². The Bertz CT molecular complexity index is 889. The summed E-state index contributed by atoms with van der Waals surface area (Å²) >= 11 is 1.62. The zero-order valence-corrected chi connectivity index (χ0v) is 15.3. The number of phenolic OH excluding ortho intramolecular Hbond substituents is 1. The number of carbonyl (C=O) groups is 2. The van der Waals surface area contributed by atoms with Crippen molar-refractivity contribution in [3.05, 3.63) is 23.3 Å². The molecule has 1 aromatic carbocycles. The van der Waals surface area contributed by atoms with Crippen LogP contribution in [-0.2, 0) is 21.4 Å². The Balaban J connectivity index is 1.73. The van der Waals surface area contributed by atoms with Gasteiger partial charge >= 0.3 is 0 Å². The minimum Gasteiger partial charge on any atom is -0.504 e. The molecular weight excluding hydrogens is 352 g/mol. The number of hydrogen-bond donors (Lipinski definition) is 2. The van der Waals surface area contributed by atoms with Crippen LogP contribution < -0.4 is 10.1 Å². The first-order valence-corrected chi connectivity index (χ1v) is 10.2. The summed E-state index contributed by atoms with van der Waals surface area (Å²) in [7, 11) is 2.11. The number of rotatable bonds is 0. The highest BCUT2D eigenvalue weighted by atomic mass is 32.2. The maximum Gasteiger partial charge on any atom is 0.230 e. The van der Waals surface area contributed by atoms with Crippen LogP contribution in [0.5, 0.6) is 11.5 Å². The van der Waals surface area contributed by atoms with Crippen molar-refractivity contribution in [3.8, 4) is 11.5 Å². The molecule has 5 aliphatic rings. The average molecular weight is 372 g/mol. The third-order valence-electron chi connectivity index (χ3n) is 7.37. The zero-order chi connectivity index (χ0) is 17.8. The molecule has 2 saturated heterocycles. The summed E-state index contributed by atoms with van der Waals surface area (Å²) in [6.45, 7) is 0.849. The van der Waals surface area contributed by atoms with Crippen LogP contribution in [-0.4, -0.2) is 64.0 Å². The van der Waals surface area contributed by atoms with Crippen LogP contribution in [0, 0.1) is 0 Å². The van der Waals surface area contributed by atoms with Crippen LogP contribution in [0.15, 0.2) is 12.1 Å². The number of nitrogens with one attached hydrogen (secondary N) is 1. The van der Waals surface area contributed by atoms with Gasteiger partial charge in [0, 0.05) is 23.3 Å². The van der Waals surface area contributed by atoms with E-state index in [0.29, 0.717) is 17.9 Å². The molecule has 136 valence electrons. The fourth-order valence-electron chi connectivity index (χ4n) is 6.51. The van der Waals surface area contributed by atoms with Gasteiger partial charge in [0.25, 0.3) is 0 Å². The third kappa shape index (κ3) is 1.42. The number of piperidine rings is 1. The van der Waals surface area contributed by atoms with Gasteiger partial charge in [-0.1, -0.05) is 6.07 Å². The van der Waals surface area contributed by atoms with Crippen molar-refractivity contribution < 1.29 is 19.4 Å². The summed E-state index contributed by atoms with van der Waals surface area (Å²) in [6, 6.07) is 3.76. The number of ether oxygens (including phenoxy) is 1. The lowest BCUT2D eigenvalue weighted by Gasteiger charge is -2.67. The monoisotopic (exact) mass is 372 g/mol. The van der Waals surface area contributed by atoms with E-state index in [0.717, 1.165) is 30.5 Å². The lowest BCUT2D eigenvalue weighted by Crippen LogP contribution is -2.86. The summed E-state index contributed by atoms with van der Waals surface area (Å²) in [5.41, 5.74) is 1.02. The highest BCUT2D eigenvalue weighted by Crippen LogP contribution is 2.66. The van der Waals surface area contributed by atoms with E-state index in [1.165, 1.54) is 0 Å². The van der Waals surface area contributed by atoms with E-state index in [4.69, 9.17) is 4.74 Å². The molecule has 5 atom stereocenters. The number of thioether (sulfide) groups is 1. The van der Waals surface area contributed by atoms with Gasteiger partial charge in [0.2, 0.25) is 5.91 Å². The molecule has 2 bridgehead atoms. The van der Waals surface area contributed by atoms with Crippen molar-refractivity contribution >= 4 is 23.5 Å². The van der Waals surface area contributed by atoms with E-state index in [1.54, 1.807) is 17.8 Å². The number of Topliss-reactive ketones (excluding diaryl/α,β-unsaturated/α-hetero) is 1. The summed E-state index contributed by atoms with van der Waals surface area (Å²) in [4.78, 5) is 28.0. The van der Waals surface area contributed by atoms with Crippen LogP contribution in [0.1, 0.15) is 24.0 Å². The average Bonchev–Trinajstić information content (AvgIpc) is 2.97. The predicted octanol–water partition coefficient (Wildman–Crippen LogP) is 0.594. The van der Waals surface area contributed by atoms with Crippen molar-refractivity contribution in [2.24, 2.45) is 0 Å². The molecule has 0 radical (unpaired) electrons. The second-order valence-corrected chi connectivity index (χ2v) is 9.45. The quantitative estimate of drug-likeness (QED) is 0.694. The molecule has 2 unspecified atom stereocenters. The molecule has 3 heterocycles. The lowest BCUT2D eigenvalue weighted by molar-refractivity contribution is -0.147. The van der Waals surface area contributed by atoms with Crippen LogP contribution in [0.2, 0.25) is 0 Å². The highest BCUT2D eigenvalue weighted by Gasteiger charge is 2.77. The topological polar surface area (TPSA) is 78.9 Å². The van der Waals surface area contributed by atoms with E-state index in [-0.39, 0.29) is 28.7 Å². The van der Waals surface area contributed by atoms with Gasteiger partial charge in [-0.15, -0.1) is 11.8 Å². The number of nitrogens with zero attached hydrogens (tertiary/aromatic N) is 1. The van der Waals surface area contributed by atoms with Gasteiger partial charge < -0.3 is 20.1 Å². The number of likely N-dealkylation sites (N-methyl/N-ethyl adjacent to an activating group) is 1. The maximum atomic E-state index is 13.1. The fourth-order valence-corrected chi connectivity index (χ4v) is 7.90. The Hall–Kier alpha value is -1.73. The minimum absolute atomic E-state index is 0.0380. The smallest absolute Gasteiger partial charge is 0.230 e. The first kappa shape index (κ1) is 15.3. The van der Waals surface area contributed by atoms with Gasteiger partial charge in [0.15, 0.2) is 23.4 Å². The molecule has 2 spiro atoms. The molecule has 2 aliphatic carbocycles.